The van der Waals surface area contributed by atoms with Crippen molar-refractivity contribution in [3.8, 4) is 34.8 Å². The van der Waals surface area contributed by atoms with Crippen LogP contribution in [-0.4, -0.2) is 56.5 Å². The fourth-order valence-electron chi connectivity index (χ4n) is 5.42. The van der Waals surface area contributed by atoms with Crippen molar-refractivity contribution in [2.45, 2.75) is 30.0 Å². The second kappa shape index (κ2) is 15.2. The minimum Gasteiger partial charge on any atom is -0.496 e. The highest BCUT2D eigenvalue weighted by molar-refractivity contribution is 6.43. The summed E-state index contributed by atoms with van der Waals surface area (Å²) in [6, 6.07) is 27.8. The van der Waals surface area contributed by atoms with E-state index in [1.165, 1.54) is 5.56 Å². The number of benzene rings is 4. The summed E-state index contributed by atoms with van der Waals surface area (Å²) in [4.78, 5) is 1.43. The van der Waals surface area contributed by atoms with Gasteiger partial charge in [-0.25, -0.2) is 0 Å². The second-order valence-electron chi connectivity index (χ2n) is 10.1. The molecule has 0 saturated carbocycles. The van der Waals surface area contributed by atoms with Crippen molar-refractivity contribution < 1.29 is 23.7 Å². The third-order valence-electron chi connectivity index (χ3n) is 7.58. The molecule has 43 heavy (non-hydrogen) atoms. The van der Waals surface area contributed by atoms with Crippen LogP contribution in [-0.2, 0) is 11.3 Å². The molecule has 1 heterocycles. The Morgan fingerprint density at radius 1 is 0.814 bits per heavy atom. The van der Waals surface area contributed by atoms with Gasteiger partial charge in [0.2, 0.25) is 0 Å². The van der Waals surface area contributed by atoms with E-state index in [0.29, 0.717) is 19.8 Å². The Balaban J connectivity index is 1.24. The van der Waals surface area contributed by atoms with Crippen molar-refractivity contribution >= 4 is 34.0 Å². The van der Waals surface area contributed by atoms with Gasteiger partial charge in [-0.15, -0.1) is 0 Å². The number of fused-ring (bicyclic) bond motifs is 1. The highest BCUT2D eigenvalue weighted by Crippen LogP contribution is 2.39. The van der Waals surface area contributed by atoms with Gasteiger partial charge in [0.25, 0.3) is 0 Å². The molecule has 0 radical (unpaired) electrons. The van der Waals surface area contributed by atoms with E-state index in [0.717, 1.165) is 52.3 Å². The molecule has 0 bridgehead atoms. The van der Waals surface area contributed by atoms with E-state index in [9.17, 15) is 0 Å². The fourth-order valence-corrected chi connectivity index (χ4v) is 5.78. The fraction of sp³-hybridized carbons (Fsp3) is 0.314. The van der Waals surface area contributed by atoms with Gasteiger partial charge in [-0.2, -0.15) is 0 Å². The largest absolute Gasteiger partial charge is 0.496 e. The van der Waals surface area contributed by atoms with Gasteiger partial charge in [0, 0.05) is 35.3 Å². The lowest BCUT2D eigenvalue weighted by Gasteiger charge is -2.39. The number of halogens is 2. The van der Waals surface area contributed by atoms with Gasteiger partial charge in [-0.1, -0.05) is 89.6 Å². The first kappa shape index (κ1) is 30.8. The van der Waals surface area contributed by atoms with Gasteiger partial charge >= 0.3 is 0 Å². The van der Waals surface area contributed by atoms with Gasteiger partial charge in [0.1, 0.15) is 36.2 Å². The molecule has 4 aromatic carbocycles. The van der Waals surface area contributed by atoms with Gasteiger partial charge in [-0.3, -0.25) is 4.90 Å². The first-order valence-electron chi connectivity index (χ1n) is 14.2. The molecular weight excluding hydrogens is 585 g/mol. The third-order valence-corrected chi connectivity index (χ3v) is 8.13. The summed E-state index contributed by atoms with van der Waals surface area (Å²) in [5.41, 5.74) is 2.09. The van der Waals surface area contributed by atoms with Crippen LogP contribution in [0.3, 0.4) is 0 Å². The zero-order chi connectivity index (χ0) is 30.0. The summed E-state index contributed by atoms with van der Waals surface area (Å²) in [7, 11) is 3.36. The Hall–Kier alpha value is -3.60. The van der Waals surface area contributed by atoms with Crippen LogP contribution in [0, 0.1) is 11.8 Å². The molecule has 2 atom stereocenters. The van der Waals surface area contributed by atoms with E-state index >= 15 is 0 Å². The Bertz CT molecular complexity index is 1540. The molecular formula is C35H35Cl2NO5. The molecule has 0 amide bonds. The number of hydrogen-bond acceptors (Lipinski definition) is 6. The quantitative estimate of drug-likeness (QED) is 0.0987. The van der Waals surface area contributed by atoms with Crippen LogP contribution in [0.5, 0.6) is 23.0 Å². The van der Waals surface area contributed by atoms with Crippen molar-refractivity contribution in [3.05, 3.63) is 96.1 Å². The van der Waals surface area contributed by atoms with Crippen LogP contribution in [0.4, 0.5) is 0 Å². The Labute approximate surface area is 263 Å². The van der Waals surface area contributed by atoms with E-state index in [4.69, 9.17) is 46.9 Å². The summed E-state index contributed by atoms with van der Waals surface area (Å²) in [5.74, 6) is 9.25. The number of likely N-dealkylation sites (tertiary alicyclic amines) is 1. The molecule has 0 N–H and O–H groups in total. The minimum atomic E-state index is -0.600. The predicted octanol–water partition coefficient (Wildman–Crippen LogP) is 7.45. The number of methoxy groups -OCH3 is 2. The number of piperidine rings is 1. The van der Waals surface area contributed by atoms with Gasteiger partial charge in [-0.05, 0) is 42.3 Å². The molecule has 1 aliphatic heterocycles. The number of para-hydroxylation sites is 1. The Morgan fingerprint density at radius 2 is 1.47 bits per heavy atom. The zero-order valence-corrected chi connectivity index (χ0v) is 25.8. The SMILES string of the molecule is COc1cc(COC2CN(C(Cl)Cl)CCC2c2ccc(OCC#CCOc3ccccc3)cc2)c(OC)c2ccccc12. The lowest BCUT2D eigenvalue weighted by molar-refractivity contribution is -0.0231. The molecule has 224 valence electrons. The summed E-state index contributed by atoms with van der Waals surface area (Å²) in [6.45, 7) is 2.33. The first-order chi connectivity index (χ1) is 21.1. The molecule has 5 rings (SSSR count). The molecule has 6 nitrogen and oxygen atoms in total. The molecule has 0 spiro atoms. The van der Waals surface area contributed by atoms with E-state index in [1.807, 2.05) is 77.7 Å². The standard InChI is InChI=1S/C35H35Cl2NO5/c1-39-32-22-26(34(40-2)31-13-7-6-12-30(31)32)24-43-33-23-38(35(36)37)19-18-29(33)25-14-16-28(17-15-25)42-21-9-8-20-41-27-10-4-3-5-11-27/h3-7,10-17,22,29,33,35H,18-21,23-24H2,1-2H3. The summed E-state index contributed by atoms with van der Waals surface area (Å²) < 4.78 is 29.6. The highest BCUT2D eigenvalue weighted by atomic mass is 35.5. The maximum Gasteiger partial charge on any atom is 0.160 e. The van der Waals surface area contributed by atoms with Crippen molar-refractivity contribution in [3.63, 3.8) is 0 Å². The van der Waals surface area contributed by atoms with E-state index < -0.39 is 4.96 Å². The molecule has 2 unspecified atom stereocenters. The van der Waals surface area contributed by atoms with E-state index in [1.54, 1.807) is 14.2 Å². The van der Waals surface area contributed by atoms with Gasteiger partial charge in [0.15, 0.2) is 4.96 Å². The van der Waals surface area contributed by atoms with Crippen molar-refractivity contribution in [1.82, 2.24) is 4.90 Å². The van der Waals surface area contributed by atoms with Crippen molar-refractivity contribution in [2.75, 3.05) is 40.5 Å². The zero-order valence-electron chi connectivity index (χ0n) is 24.3. The van der Waals surface area contributed by atoms with Crippen LogP contribution >= 0.6 is 23.2 Å². The minimum absolute atomic E-state index is 0.141. The van der Waals surface area contributed by atoms with Crippen LogP contribution in [0.15, 0.2) is 84.9 Å². The molecule has 4 aromatic rings. The van der Waals surface area contributed by atoms with Crippen LogP contribution in [0.2, 0.25) is 0 Å². The van der Waals surface area contributed by atoms with E-state index in [-0.39, 0.29) is 18.6 Å². The average molecular weight is 621 g/mol. The smallest absolute Gasteiger partial charge is 0.160 e. The van der Waals surface area contributed by atoms with Crippen LogP contribution in [0.1, 0.15) is 23.5 Å². The number of hydrogen-bond donors (Lipinski definition) is 0. The lowest BCUT2D eigenvalue weighted by atomic mass is 9.87. The van der Waals surface area contributed by atoms with Gasteiger partial charge in [0.05, 0.1) is 26.9 Å². The van der Waals surface area contributed by atoms with Crippen molar-refractivity contribution in [2.24, 2.45) is 0 Å². The number of nitrogens with zero attached hydrogens (tertiary/aromatic N) is 1. The summed E-state index contributed by atoms with van der Waals surface area (Å²) in [5, 5.41) is 1.98. The van der Waals surface area contributed by atoms with Gasteiger partial charge < -0.3 is 23.7 Å². The topological polar surface area (TPSA) is 49.4 Å². The molecule has 1 aliphatic rings. The first-order valence-corrected chi connectivity index (χ1v) is 15.1. The Kier molecular flexibility index (Phi) is 10.9. The maximum absolute atomic E-state index is 6.62. The van der Waals surface area contributed by atoms with Crippen molar-refractivity contribution in [1.29, 1.82) is 0 Å². The normalized spacial score (nSPS) is 16.9. The molecule has 1 saturated heterocycles. The summed E-state index contributed by atoms with van der Waals surface area (Å²) >= 11 is 12.6. The number of rotatable bonds is 11. The number of alkyl halides is 2. The van der Waals surface area contributed by atoms with Crippen LogP contribution in [0.25, 0.3) is 10.8 Å². The molecule has 0 aromatic heterocycles. The van der Waals surface area contributed by atoms with E-state index in [2.05, 4.69) is 24.0 Å². The van der Waals surface area contributed by atoms with Crippen LogP contribution < -0.4 is 18.9 Å². The average Bonchev–Trinajstić information content (AvgIpc) is 3.05. The lowest BCUT2D eigenvalue weighted by Crippen LogP contribution is -2.45. The second-order valence-corrected chi connectivity index (χ2v) is 11.2. The predicted molar refractivity (Wildman–Crippen MR) is 172 cm³/mol. The molecule has 1 fully saturated rings. The molecule has 0 aliphatic carbocycles. The highest BCUT2D eigenvalue weighted by Gasteiger charge is 2.33. The third kappa shape index (κ3) is 7.87. The molecule has 8 heteroatoms. The Morgan fingerprint density at radius 3 is 2.12 bits per heavy atom. The maximum atomic E-state index is 6.62. The monoisotopic (exact) mass is 619 g/mol. The number of ether oxygens (including phenoxy) is 5. The summed E-state index contributed by atoms with van der Waals surface area (Å²) in [6.07, 6.45) is 0.712.